The number of thiazole rings is 1. The van der Waals surface area contributed by atoms with E-state index in [-0.39, 0.29) is 30.2 Å². The minimum atomic E-state index is -0.920. The number of amides is 2. The fraction of sp³-hybridized carbons (Fsp3) is 0.667. The maximum absolute atomic E-state index is 12.9. The maximum Gasteiger partial charge on any atom is 0.326 e. The minimum absolute atomic E-state index is 0.0381. The van der Waals surface area contributed by atoms with Crippen LogP contribution in [0, 0.1) is 11.8 Å². The summed E-state index contributed by atoms with van der Waals surface area (Å²) in [7, 11) is 0. The van der Waals surface area contributed by atoms with Crippen LogP contribution in [-0.2, 0) is 20.8 Å². The molecule has 2 aliphatic rings. The molecule has 3 unspecified atom stereocenters. The second-order valence-corrected chi connectivity index (χ2v) is 8.33. The van der Waals surface area contributed by atoms with E-state index in [9.17, 15) is 19.5 Å². The number of hydrogen-bond donors (Lipinski definition) is 2. The summed E-state index contributed by atoms with van der Waals surface area (Å²) in [6.45, 7) is 3.60. The van der Waals surface area contributed by atoms with E-state index in [0.717, 1.165) is 25.7 Å². The predicted molar refractivity (Wildman–Crippen MR) is 97.9 cm³/mol. The number of carbonyl (C=O) groups excluding carboxylic acids is 2. The average molecular weight is 379 g/mol. The van der Waals surface area contributed by atoms with E-state index in [2.05, 4.69) is 10.3 Å². The molecule has 1 saturated carbocycles. The SMILES string of the molecule is CC(C)C(=O)Nc1nc(CC(=O)N2C(C(=O)O)CC3CCCCC32)cs1. The Bertz CT molecular complexity index is 702. The molecule has 0 spiro atoms. The molecule has 1 saturated heterocycles. The van der Waals surface area contributed by atoms with Gasteiger partial charge < -0.3 is 15.3 Å². The van der Waals surface area contributed by atoms with Crippen LogP contribution in [0.25, 0.3) is 0 Å². The molecule has 1 aromatic heterocycles. The van der Waals surface area contributed by atoms with Gasteiger partial charge in [0.1, 0.15) is 6.04 Å². The van der Waals surface area contributed by atoms with Crippen molar-refractivity contribution >= 4 is 34.3 Å². The second-order valence-electron chi connectivity index (χ2n) is 7.47. The summed E-state index contributed by atoms with van der Waals surface area (Å²) in [5.74, 6) is -1.07. The molecule has 3 rings (SSSR count). The van der Waals surface area contributed by atoms with Gasteiger partial charge in [0.2, 0.25) is 11.8 Å². The number of carboxylic acid groups (broad SMARTS) is 1. The lowest BCUT2D eigenvalue weighted by Crippen LogP contribution is -2.46. The number of aliphatic carboxylic acids is 1. The van der Waals surface area contributed by atoms with Gasteiger partial charge in [-0.05, 0) is 25.2 Å². The zero-order valence-electron chi connectivity index (χ0n) is 15.1. The molecule has 0 bridgehead atoms. The standard InChI is InChI=1S/C18H25N3O4S/c1-10(2)16(23)20-18-19-12(9-26-18)8-15(22)21-13-6-4-3-5-11(13)7-14(21)17(24)25/h9-11,13-14H,3-8H2,1-2H3,(H,24,25)(H,19,20,23). The molecular weight excluding hydrogens is 354 g/mol. The van der Waals surface area contributed by atoms with Crippen LogP contribution in [-0.4, -0.2) is 44.9 Å². The number of hydrogen-bond acceptors (Lipinski definition) is 5. The van der Waals surface area contributed by atoms with Crippen LogP contribution in [0.4, 0.5) is 5.13 Å². The van der Waals surface area contributed by atoms with Crippen molar-refractivity contribution in [2.24, 2.45) is 11.8 Å². The molecule has 142 valence electrons. The third kappa shape index (κ3) is 3.90. The van der Waals surface area contributed by atoms with Gasteiger partial charge in [0.05, 0.1) is 12.1 Å². The molecular formula is C18H25N3O4S. The quantitative estimate of drug-likeness (QED) is 0.819. The van der Waals surface area contributed by atoms with E-state index in [4.69, 9.17) is 0 Å². The van der Waals surface area contributed by atoms with Crippen molar-refractivity contribution in [3.8, 4) is 0 Å². The van der Waals surface area contributed by atoms with Crippen molar-refractivity contribution in [1.29, 1.82) is 0 Å². The Balaban J connectivity index is 1.69. The fourth-order valence-corrected chi connectivity index (χ4v) is 4.69. The van der Waals surface area contributed by atoms with Crippen LogP contribution < -0.4 is 5.32 Å². The highest BCUT2D eigenvalue weighted by Crippen LogP contribution is 2.40. The first kappa shape index (κ1) is 18.8. The number of nitrogens with one attached hydrogen (secondary N) is 1. The van der Waals surface area contributed by atoms with Crippen LogP contribution >= 0.6 is 11.3 Å². The van der Waals surface area contributed by atoms with Crippen LogP contribution in [0.3, 0.4) is 0 Å². The number of anilines is 1. The Morgan fingerprint density at radius 3 is 2.77 bits per heavy atom. The Kier molecular flexibility index (Phi) is 5.60. The van der Waals surface area contributed by atoms with E-state index >= 15 is 0 Å². The topological polar surface area (TPSA) is 99.6 Å². The van der Waals surface area contributed by atoms with Crippen molar-refractivity contribution in [1.82, 2.24) is 9.88 Å². The van der Waals surface area contributed by atoms with Gasteiger partial charge in [-0.15, -0.1) is 11.3 Å². The summed E-state index contributed by atoms with van der Waals surface area (Å²) in [4.78, 5) is 42.2. The third-order valence-corrected chi connectivity index (χ3v) is 6.11. The molecule has 1 aromatic rings. The molecule has 2 amide bonds. The summed E-state index contributed by atoms with van der Waals surface area (Å²) in [5.41, 5.74) is 0.572. The Labute approximate surface area is 156 Å². The molecule has 0 radical (unpaired) electrons. The van der Waals surface area contributed by atoms with Gasteiger partial charge in [-0.2, -0.15) is 0 Å². The number of likely N-dealkylation sites (tertiary alicyclic amines) is 1. The lowest BCUT2D eigenvalue weighted by Gasteiger charge is -2.32. The van der Waals surface area contributed by atoms with E-state index in [0.29, 0.717) is 23.2 Å². The van der Waals surface area contributed by atoms with Crippen molar-refractivity contribution < 1.29 is 19.5 Å². The van der Waals surface area contributed by atoms with Gasteiger partial charge in [0.25, 0.3) is 0 Å². The summed E-state index contributed by atoms with van der Waals surface area (Å²) < 4.78 is 0. The first-order valence-corrected chi connectivity index (χ1v) is 10.0. The molecule has 2 fully saturated rings. The fourth-order valence-electron chi connectivity index (χ4n) is 3.98. The highest BCUT2D eigenvalue weighted by Gasteiger charge is 2.47. The molecule has 2 heterocycles. The largest absolute Gasteiger partial charge is 0.480 e. The molecule has 3 atom stereocenters. The van der Waals surface area contributed by atoms with Crippen LogP contribution in [0.2, 0.25) is 0 Å². The predicted octanol–water partition coefficient (Wildman–Crippen LogP) is 2.52. The van der Waals surface area contributed by atoms with Gasteiger partial charge in [-0.3, -0.25) is 9.59 Å². The van der Waals surface area contributed by atoms with Crippen molar-refractivity contribution in [3.63, 3.8) is 0 Å². The monoisotopic (exact) mass is 379 g/mol. The van der Waals surface area contributed by atoms with E-state index in [1.54, 1.807) is 24.1 Å². The summed E-state index contributed by atoms with van der Waals surface area (Å²) in [6, 6.07) is -0.689. The Hall–Kier alpha value is -1.96. The van der Waals surface area contributed by atoms with Crippen LogP contribution in [0.1, 0.15) is 51.6 Å². The molecule has 7 nitrogen and oxygen atoms in total. The second kappa shape index (κ2) is 7.73. The number of nitrogens with zero attached hydrogens (tertiary/aromatic N) is 2. The lowest BCUT2D eigenvalue weighted by molar-refractivity contribution is -0.149. The first-order valence-electron chi connectivity index (χ1n) is 9.16. The number of rotatable bonds is 5. The van der Waals surface area contributed by atoms with Crippen molar-refractivity contribution in [3.05, 3.63) is 11.1 Å². The molecule has 0 aromatic carbocycles. The van der Waals surface area contributed by atoms with E-state index in [1.165, 1.54) is 11.3 Å². The minimum Gasteiger partial charge on any atom is -0.480 e. The van der Waals surface area contributed by atoms with Gasteiger partial charge in [0.15, 0.2) is 5.13 Å². The van der Waals surface area contributed by atoms with E-state index < -0.39 is 12.0 Å². The molecule has 1 aliphatic heterocycles. The number of aromatic nitrogens is 1. The number of fused-ring (bicyclic) bond motifs is 1. The van der Waals surface area contributed by atoms with Gasteiger partial charge in [-0.1, -0.05) is 26.7 Å². The summed E-state index contributed by atoms with van der Waals surface area (Å²) in [6.07, 6.45) is 4.66. The van der Waals surface area contributed by atoms with Gasteiger partial charge in [-0.25, -0.2) is 9.78 Å². The zero-order valence-corrected chi connectivity index (χ0v) is 15.9. The molecule has 8 heteroatoms. The van der Waals surface area contributed by atoms with Crippen LogP contribution in [0.15, 0.2) is 5.38 Å². The highest BCUT2D eigenvalue weighted by atomic mass is 32.1. The average Bonchev–Trinajstić information content (AvgIpc) is 3.18. The molecule has 26 heavy (non-hydrogen) atoms. The van der Waals surface area contributed by atoms with Gasteiger partial charge >= 0.3 is 5.97 Å². The van der Waals surface area contributed by atoms with Crippen molar-refractivity contribution in [2.45, 2.75) is 64.5 Å². The maximum atomic E-state index is 12.9. The van der Waals surface area contributed by atoms with Crippen molar-refractivity contribution in [2.75, 3.05) is 5.32 Å². The third-order valence-electron chi connectivity index (χ3n) is 5.30. The molecule has 2 N–H and O–H groups in total. The van der Waals surface area contributed by atoms with Crippen LogP contribution in [0.5, 0.6) is 0 Å². The zero-order chi connectivity index (χ0) is 18.8. The summed E-state index contributed by atoms with van der Waals surface area (Å²) in [5, 5.41) is 14.5. The number of carbonyl (C=O) groups is 3. The lowest BCUT2D eigenvalue weighted by atomic mass is 9.84. The summed E-state index contributed by atoms with van der Waals surface area (Å²) >= 11 is 1.28. The normalized spacial score (nSPS) is 25.2. The Morgan fingerprint density at radius 2 is 2.08 bits per heavy atom. The number of carboxylic acids is 1. The Morgan fingerprint density at radius 1 is 1.35 bits per heavy atom. The first-order chi connectivity index (χ1) is 12.4. The van der Waals surface area contributed by atoms with E-state index in [1.807, 2.05) is 0 Å². The highest BCUT2D eigenvalue weighted by molar-refractivity contribution is 7.13. The van der Waals surface area contributed by atoms with Gasteiger partial charge in [0, 0.05) is 17.3 Å². The molecule has 1 aliphatic carbocycles. The smallest absolute Gasteiger partial charge is 0.326 e.